The van der Waals surface area contributed by atoms with Gasteiger partial charge in [0.1, 0.15) is 11.3 Å². The molecule has 0 spiro atoms. The van der Waals surface area contributed by atoms with E-state index in [0.29, 0.717) is 32.5 Å². The Morgan fingerprint density at radius 2 is 1.97 bits per heavy atom. The highest BCUT2D eigenvalue weighted by atomic mass is 16.5. The number of aryl methyl sites for hydroxylation is 2. The summed E-state index contributed by atoms with van der Waals surface area (Å²) in [5.41, 5.74) is 4.56. The normalized spacial score (nSPS) is 15.6. The number of ether oxygens (including phenoxy) is 2. The fraction of sp³-hybridized carbons (Fsp3) is 0.478. The molecule has 156 valence electrons. The van der Waals surface area contributed by atoms with Crippen molar-refractivity contribution in [3.05, 3.63) is 35.1 Å². The van der Waals surface area contributed by atoms with E-state index in [1.165, 1.54) is 7.11 Å². The molecule has 1 fully saturated rings. The third kappa shape index (κ3) is 4.16. The molecule has 1 saturated heterocycles. The van der Waals surface area contributed by atoms with E-state index < -0.39 is 0 Å². The number of esters is 1. The summed E-state index contributed by atoms with van der Waals surface area (Å²) in [5.74, 6) is 0.396. The highest BCUT2D eigenvalue weighted by Crippen LogP contribution is 2.37. The standard InChI is InChI=1S/C23H29NO5/c1-6-28-21-16(4)22-19(15(3)13-29-22)12-18(21)14(2)11-20(25)24-9-7-17(8-10-24)23(26)27-5/h11-13,17H,6-10H2,1-5H3/b14-11+. The predicted molar refractivity (Wildman–Crippen MR) is 112 cm³/mol. The molecule has 6 nitrogen and oxygen atoms in total. The van der Waals surface area contributed by atoms with Gasteiger partial charge in [-0.1, -0.05) is 0 Å². The molecule has 0 N–H and O–H groups in total. The quantitative estimate of drug-likeness (QED) is 0.555. The van der Waals surface area contributed by atoms with E-state index in [1.54, 1.807) is 17.2 Å². The van der Waals surface area contributed by atoms with Crippen LogP contribution in [0.4, 0.5) is 0 Å². The Labute approximate surface area is 171 Å². The fourth-order valence-electron chi connectivity index (χ4n) is 3.92. The van der Waals surface area contributed by atoms with Gasteiger partial charge in [-0.3, -0.25) is 9.59 Å². The van der Waals surface area contributed by atoms with E-state index in [2.05, 4.69) is 0 Å². The van der Waals surface area contributed by atoms with E-state index in [0.717, 1.165) is 39.0 Å². The van der Waals surface area contributed by atoms with Crippen molar-refractivity contribution in [2.75, 3.05) is 26.8 Å². The third-order valence-electron chi connectivity index (χ3n) is 5.63. The number of fused-ring (bicyclic) bond motifs is 1. The maximum Gasteiger partial charge on any atom is 0.308 e. The number of rotatable bonds is 5. The Bertz CT molecular complexity index is 948. The molecule has 1 amide bonds. The Morgan fingerprint density at radius 1 is 1.28 bits per heavy atom. The predicted octanol–water partition coefficient (Wildman–Crippen LogP) is 4.26. The van der Waals surface area contributed by atoms with Crippen LogP contribution >= 0.6 is 0 Å². The molecular weight excluding hydrogens is 370 g/mol. The minimum absolute atomic E-state index is 0.0464. The second kappa shape index (κ2) is 8.72. The molecule has 2 heterocycles. The number of likely N-dealkylation sites (tertiary alicyclic amines) is 1. The molecule has 2 aromatic rings. The lowest BCUT2D eigenvalue weighted by Gasteiger charge is -2.30. The molecule has 1 aromatic heterocycles. The van der Waals surface area contributed by atoms with Crippen molar-refractivity contribution in [1.29, 1.82) is 0 Å². The smallest absolute Gasteiger partial charge is 0.308 e. The lowest BCUT2D eigenvalue weighted by atomic mass is 9.96. The van der Waals surface area contributed by atoms with Crippen molar-refractivity contribution in [1.82, 2.24) is 4.90 Å². The van der Waals surface area contributed by atoms with E-state index in [-0.39, 0.29) is 17.8 Å². The highest BCUT2D eigenvalue weighted by Gasteiger charge is 2.27. The van der Waals surface area contributed by atoms with Crippen molar-refractivity contribution in [2.45, 2.75) is 40.5 Å². The largest absolute Gasteiger partial charge is 0.493 e. The van der Waals surface area contributed by atoms with Crippen molar-refractivity contribution < 1.29 is 23.5 Å². The second-order valence-corrected chi connectivity index (χ2v) is 7.56. The van der Waals surface area contributed by atoms with E-state index >= 15 is 0 Å². The van der Waals surface area contributed by atoms with Gasteiger partial charge in [0.15, 0.2) is 0 Å². The molecule has 1 aliphatic heterocycles. The molecule has 6 heteroatoms. The van der Waals surface area contributed by atoms with Crippen LogP contribution in [-0.4, -0.2) is 43.6 Å². The van der Waals surface area contributed by atoms with Gasteiger partial charge in [0, 0.05) is 35.7 Å². The first-order chi connectivity index (χ1) is 13.9. The summed E-state index contributed by atoms with van der Waals surface area (Å²) in [6.07, 6.45) is 4.67. The number of benzene rings is 1. The number of nitrogens with zero attached hydrogens (tertiary/aromatic N) is 1. The first-order valence-corrected chi connectivity index (χ1v) is 10.1. The van der Waals surface area contributed by atoms with Gasteiger partial charge in [0.25, 0.3) is 0 Å². The third-order valence-corrected chi connectivity index (χ3v) is 5.63. The first-order valence-electron chi connectivity index (χ1n) is 10.1. The average molecular weight is 399 g/mol. The zero-order valence-corrected chi connectivity index (χ0v) is 17.8. The SMILES string of the molecule is CCOc1c(/C(C)=C/C(=O)N2CCC(C(=O)OC)CC2)cc2c(C)coc2c1C. The number of allylic oxidation sites excluding steroid dienone is 1. The van der Waals surface area contributed by atoms with Gasteiger partial charge in [0.2, 0.25) is 5.91 Å². The summed E-state index contributed by atoms with van der Waals surface area (Å²) in [6, 6.07) is 2.04. The lowest BCUT2D eigenvalue weighted by molar-refractivity contribution is -0.148. The van der Waals surface area contributed by atoms with Crippen molar-refractivity contribution >= 4 is 28.4 Å². The van der Waals surface area contributed by atoms with Gasteiger partial charge in [0.05, 0.1) is 25.9 Å². The molecule has 0 unspecified atom stereocenters. The molecule has 0 saturated carbocycles. The highest BCUT2D eigenvalue weighted by molar-refractivity contribution is 5.98. The molecule has 0 radical (unpaired) electrons. The maximum atomic E-state index is 12.8. The molecule has 1 aliphatic rings. The number of methoxy groups -OCH3 is 1. The number of piperidine rings is 1. The van der Waals surface area contributed by atoms with Crippen LogP contribution in [0.1, 0.15) is 43.4 Å². The Morgan fingerprint density at radius 3 is 2.59 bits per heavy atom. The average Bonchev–Trinajstić information content (AvgIpc) is 3.10. The first kappa shape index (κ1) is 21.0. The molecule has 0 atom stereocenters. The number of furan rings is 1. The minimum Gasteiger partial charge on any atom is -0.493 e. The summed E-state index contributed by atoms with van der Waals surface area (Å²) >= 11 is 0. The minimum atomic E-state index is -0.190. The van der Waals surface area contributed by atoms with Crippen molar-refractivity contribution in [3.8, 4) is 5.75 Å². The van der Waals surface area contributed by atoms with Crippen LogP contribution in [0, 0.1) is 19.8 Å². The number of hydrogen-bond acceptors (Lipinski definition) is 5. The van der Waals surface area contributed by atoms with Crippen LogP contribution in [0.2, 0.25) is 0 Å². The summed E-state index contributed by atoms with van der Waals surface area (Å²) in [7, 11) is 1.41. The van der Waals surface area contributed by atoms with Crippen molar-refractivity contribution in [2.24, 2.45) is 5.92 Å². The molecule has 0 aliphatic carbocycles. The van der Waals surface area contributed by atoms with Crippen LogP contribution in [0.3, 0.4) is 0 Å². The monoisotopic (exact) mass is 399 g/mol. The number of amides is 1. The molecule has 1 aromatic carbocycles. The fourth-order valence-corrected chi connectivity index (χ4v) is 3.92. The molecule has 3 rings (SSSR count). The zero-order chi connectivity index (χ0) is 21.1. The Hall–Kier alpha value is -2.76. The van der Waals surface area contributed by atoms with Crippen LogP contribution in [-0.2, 0) is 14.3 Å². The van der Waals surface area contributed by atoms with E-state index in [1.807, 2.05) is 33.8 Å². The van der Waals surface area contributed by atoms with E-state index in [9.17, 15) is 9.59 Å². The second-order valence-electron chi connectivity index (χ2n) is 7.56. The Balaban J connectivity index is 1.86. The van der Waals surface area contributed by atoms with Gasteiger partial charge in [-0.15, -0.1) is 0 Å². The molecule has 29 heavy (non-hydrogen) atoms. The van der Waals surface area contributed by atoms with Crippen LogP contribution in [0.5, 0.6) is 5.75 Å². The van der Waals surface area contributed by atoms with Gasteiger partial charge in [-0.2, -0.15) is 0 Å². The van der Waals surface area contributed by atoms with E-state index in [4.69, 9.17) is 13.9 Å². The topological polar surface area (TPSA) is 69.0 Å². The van der Waals surface area contributed by atoms with Crippen molar-refractivity contribution in [3.63, 3.8) is 0 Å². The maximum absolute atomic E-state index is 12.8. The lowest BCUT2D eigenvalue weighted by Crippen LogP contribution is -2.39. The van der Waals surface area contributed by atoms with Gasteiger partial charge >= 0.3 is 5.97 Å². The Kier molecular flexibility index (Phi) is 6.30. The number of carbonyl (C=O) groups is 2. The zero-order valence-electron chi connectivity index (χ0n) is 17.8. The number of carbonyl (C=O) groups excluding carboxylic acids is 2. The number of hydrogen-bond donors (Lipinski definition) is 0. The summed E-state index contributed by atoms with van der Waals surface area (Å²) in [4.78, 5) is 26.3. The van der Waals surface area contributed by atoms with Crippen LogP contribution < -0.4 is 4.74 Å². The summed E-state index contributed by atoms with van der Waals surface area (Å²) < 4.78 is 16.4. The van der Waals surface area contributed by atoms with Gasteiger partial charge < -0.3 is 18.8 Å². The molecule has 0 bridgehead atoms. The summed E-state index contributed by atoms with van der Waals surface area (Å²) in [5, 5.41) is 1.03. The van der Waals surface area contributed by atoms with Crippen LogP contribution in [0.25, 0.3) is 16.5 Å². The van der Waals surface area contributed by atoms with Gasteiger partial charge in [-0.05, 0) is 57.7 Å². The van der Waals surface area contributed by atoms with Gasteiger partial charge in [-0.25, -0.2) is 0 Å². The molecular formula is C23H29NO5. The summed E-state index contributed by atoms with van der Waals surface area (Å²) in [6.45, 7) is 9.49. The van der Waals surface area contributed by atoms with Crippen LogP contribution in [0.15, 0.2) is 22.8 Å².